The minimum absolute atomic E-state index is 0.424. The molecule has 2 unspecified atom stereocenters. The van der Waals surface area contributed by atoms with Crippen LogP contribution in [-0.4, -0.2) is 6.61 Å². The van der Waals surface area contributed by atoms with Crippen LogP contribution in [0.25, 0.3) is 0 Å². The van der Waals surface area contributed by atoms with E-state index in [9.17, 15) is 0 Å². The molecule has 2 aliphatic rings. The number of thiophene rings is 1. The molecule has 0 radical (unpaired) electrons. The average Bonchev–Trinajstić information content (AvgIpc) is 3.19. The lowest BCUT2D eigenvalue weighted by Crippen LogP contribution is -2.31. The summed E-state index contributed by atoms with van der Waals surface area (Å²) in [6.45, 7) is 0.816. The number of benzene rings is 1. The van der Waals surface area contributed by atoms with Crippen LogP contribution < -0.4 is 10.1 Å². The second-order valence-electron chi connectivity index (χ2n) is 5.72. The fraction of sp³-hybridized carbons (Fsp3) is 0.412. The number of para-hydroxylation sites is 1. The van der Waals surface area contributed by atoms with Gasteiger partial charge in [0.15, 0.2) is 0 Å². The quantitative estimate of drug-likeness (QED) is 0.903. The molecule has 3 heteroatoms. The summed E-state index contributed by atoms with van der Waals surface area (Å²) in [7, 11) is 0. The number of hydrogen-bond donors (Lipinski definition) is 1. The van der Waals surface area contributed by atoms with Crippen molar-refractivity contribution < 1.29 is 4.74 Å². The van der Waals surface area contributed by atoms with Crippen LogP contribution in [0.2, 0.25) is 0 Å². The Morgan fingerprint density at radius 1 is 1.10 bits per heavy atom. The topological polar surface area (TPSA) is 21.3 Å². The van der Waals surface area contributed by atoms with Crippen molar-refractivity contribution in [1.29, 1.82) is 0 Å². The SMILES string of the molecule is c1csc(C(NC2CCOc3ccccc32)C2CC2)c1. The van der Waals surface area contributed by atoms with Crippen molar-refractivity contribution >= 4 is 11.3 Å². The second-order valence-corrected chi connectivity index (χ2v) is 6.70. The Bertz CT molecular complexity index is 576. The molecule has 4 rings (SSSR count). The number of nitrogens with one attached hydrogen (secondary N) is 1. The highest BCUT2D eigenvalue weighted by atomic mass is 32.1. The van der Waals surface area contributed by atoms with Gasteiger partial charge in [-0.2, -0.15) is 0 Å². The van der Waals surface area contributed by atoms with Crippen LogP contribution in [-0.2, 0) is 0 Å². The minimum atomic E-state index is 0.424. The van der Waals surface area contributed by atoms with E-state index in [0.717, 1.165) is 24.7 Å². The van der Waals surface area contributed by atoms with Crippen LogP contribution in [0, 0.1) is 5.92 Å². The van der Waals surface area contributed by atoms with Crippen molar-refractivity contribution in [3.05, 3.63) is 52.2 Å². The predicted octanol–water partition coefficient (Wildman–Crippen LogP) is 4.31. The van der Waals surface area contributed by atoms with Crippen LogP contribution in [0.4, 0.5) is 0 Å². The molecule has 2 heterocycles. The molecule has 1 fully saturated rings. The standard InChI is InChI=1S/C17H19NOS/c1-2-5-15-13(4-1)14(9-10-19-15)18-17(12-7-8-12)16-6-3-11-20-16/h1-6,11-12,14,17-18H,7-10H2. The van der Waals surface area contributed by atoms with Gasteiger partial charge in [-0.25, -0.2) is 0 Å². The van der Waals surface area contributed by atoms with Gasteiger partial charge in [0.2, 0.25) is 0 Å². The highest BCUT2D eigenvalue weighted by Crippen LogP contribution is 2.44. The van der Waals surface area contributed by atoms with Gasteiger partial charge in [0.1, 0.15) is 5.75 Å². The van der Waals surface area contributed by atoms with Gasteiger partial charge >= 0.3 is 0 Å². The maximum Gasteiger partial charge on any atom is 0.124 e. The highest BCUT2D eigenvalue weighted by Gasteiger charge is 2.35. The maximum absolute atomic E-state index is 5.76. The van der Waals surface area contributed by atoms with Gasteiger partial charge in [-0.05, 0) is 36.3 Å². The summed E-state index contributed by atoms with van der Waals surface area (Å²) in [5, 5.41) is 6.09. The molecule has 0 bridgehead atoms. The van der Waals surface area contributed by atoms with Gasteiger partial charge in [-0.3, -0.25) is 0 Å². The zero-order chi connectivity index (χ0) is 13.4. The van der Waals surface area contributed by atoms with Gasteiger partial charge in [0, 0.05) is 28.9 Å². The van der Waals surface area contributed by atoms with E-state index in [1.165, 1.54) is 23.3 Å². The molecule has 1 aromatic heterocycles. The van der Waals surface area contributed by atoms with E-state index in [1.54, 1.807) is 0 Å². The Labute approximate surface area is 123 Å². The summed E-state index contributed by atoms with van der Waals surface area (Å²) >= 11 is 1.88. The number of rotatable bonds is 4. The minimum Gasteiger partial charge on any atom is -0.493 e. The van der Waals surface area contributed by atoms with E-state index in [0.29, 0.717) is 12.1 Å². The Hall–Kier alpha value is -1.32. The molecule has 104 valence electrons. The third kappa shape index (κ3) is 2.36. The maximum atomic E-state index is 5.76. The zero-order valence-corrected chi connectivity index (χ0v) is 12.2. The van der Waals surface area contributed by atoms with E-state index < -0.39 is 0 Å². The van der Waals surface area contributed by atoms with E-state index in [-0.39, 0.29) is 0 Å². The van der Waals surface area contributed by atoms with Crippen LogP contribution in [0.3, 0.4) is 0 Å². The van der Waals surface area contributed by atoms with Gasteiger partial charge < -0.3 is 10.1 Å². The average molecular weight is 285 g/mol. The van der Waals surface area contributed by atoms with Crippen LogP contribution in [0.1, 0.15) is 41.8 Å². The molecule has 1 aliphatic carbocycles. The van der Waals surface area contributed by atoms with Crippen molar-refractivity contribution in [1.82, 2.24) is 5.32 Å². The molecule has 1 aromatic carbocycles. The van der Waals surface area contributed by atoms with E-state index in [1.807, 2.05) is 11.3 Å². The first-order valence-corrected chi connectivity index (χ1v) is 8.31. The van der Waals surface area contributed by atoms with Crippen molar-refractivity contribution in [3.8, 4) is 5.75 Å². The fourth-order valence-corrected chi connectivity index (χ4v) is 3.96. The monoisotopic (exact) mass is 285 g/mol. The van der Waals surface area contributed by atoms with E-state index in [2.05, 4.69) is 47.1 Å². The van der Waals surface area contributed by atoms with Crippen LogP contribution in [0.5, 0.6) is 5.75 Å². The van der Waals surface area contributed by atoms with Crippen molar-refractivity contribution in [3.63, 3.8) is 0 Å². The van der Waals surface area contributed by atoms with Gasteiger partial charge in [0.05, 0.1) is 6.61 Å². The van der Waals surface area contributed by atoms with E-state index >= 15 is 0 Å². The summed E-state index contributed by atoms with van der Waals surface area (Å²) in [4.78, 5) is 1.48. The van der Waals surface area contributed by atoms with Crippen LogP contribution in [0.15, 0.2) is 41.8 Å². The summed E-state index contributed by atoms with van der Waals surface area (Å²) in [5.41, 5.74) is 1.32. The van der Waals surface area contributed by atoms with E-state index in [4.69, 9.17) is 4.74 Å². The van der Waals surface area contributed by atoms with Crippen LogP contribution >= 0.6 is 11.3 Å². The molecule has 2 aromatic rings. The summed E-state index contributed by atoms with van der Waals surface area (Å²) in [6, 6.07) is 13.8. The lowest BCUT2D eigenvalue weighted by molar-refractivity contribution is 0.241. The van der Waals surface area contributed by atoms with Gasteiger partial charge in [-0.15, -0.1) is 11.3 Å². The Kier molecular flexibility index (Phi) is 3.25. The Morgan fingerprint density at radius 2 is 2.00 bits per heavy atom. The smallest absolute Gasteiger partial charge is 0.124 e. The third-order valence-electron chi connectivity index (χ3n) is 4.28. The van der Waals surface area contributed by atoms with Crippen molar-refractivity contribution in [2.75, 3.05) is 6.61 Å². The van der Waals surface area contributed by atoms with Crippen molar-refractivity contribution in [2.45, 2.75) is 31.3 Å². The zero-order valence-electron chi connectivity index (χ0n) is 11.4. The number of ether oxygens (including phenoxy) is 1. The Morgan fingerprint density at radius 3 is 2.80 bits per heavy atom. The van der Waals surface area contributed by atoms with Gasteiger partial charge in [-0.1, -0.05) is 24.3 Å². The third-order valence-corrected chi connectivity index (χ3v) is 5.24. The molecule has 1 N–H and O–H groups in total. The number of fused-ring (bicyclic) bond motifs is 1. The molecular formula is C17H19NOS. The fourth-order valence-electron chi connectivity index (χ4n) is 3.08. The lowest BCUT2D eigenvalue weighted by atomic mass is 9.98. The number of hydrogen-bond acceptors (Lipinski definition) is 3. The molecule has 2 atom stereocenters. The Balaban J connectivity index is 1.59. The molecule has 0 spiro atoms. The normalized spacial score (nSPS) is 22.9. The first-order chi connectivity index (χ1) is 9.92. The molecular weight excluding hydrogens is 266 g/mol. The highest BCUT2D eigenvalue weighted by molar-refractivity contribution is 7.10. The summed E-state index contributed by atoms with van der Waals surface area (Å²) in [6.07, 6.45) is 3.78. The molecule has 0 saturated heterocycles. The molecule has 20 heavy (non-hydrogen) atoms. The second kappa shape index (κ2) is 5.23. The first-order valence-electron chi connectivity index (χ1n) is 7.43. The largest absolute Gasteiger partial charge is 0.493 e. The molecule has 1 saturated carbocycles. The molecule has 2 nitrogen and oxygen atoms in total. The lowest BCUT2D eigenvalue weighted by Gasteiger charge is -2.30. The predicted molar refractivity (Wildman–Crippen MR) is 82.2 cm³/mol. The molecule has 1 aliphatic heterocycles. The summed E-state index contributed by atoms with van der Waals surface area (Å²) in [5.74, 6) is 1.88. The van der Waals surface area contributed by atoms with Gasteiger partial charge in [0.25, 0.3) is 0 Å². The molecule has 0 amide bonds. The first kappa shape index (κ1) is 12.4. The van der Waals surface area contributed by atoms with Crippen molar-refractivity contribution in [2.24, 2.45) is 5.92 Å². The summed E-state index contributed by atoms with van der Waals surface area (Å²) < 4.78 is 5.76.